The van der Waals surface area contributed by atoms with E-state index in [1.165, 1.54) is 12.1 Å². The summed E-state index contributed by atoms with van der Waals surface area (Å²) in [5.41, 5.74) is 0.502. The minimum absolute atomic E-state index is 0.0575. The first-order valence-corrected chi connectivity index (χ1v) is 6.68. The SMILES string of the molecule is CCN(CC(C)C)C(=O)c1ccc(C#CCO)cc1F. The van der Waals surface area contributed by atoms with Gasteiger partial charge in [0.2, 0.25) is 0 Å². The number of benzene rings is 1. The van der Waals surface area contributed by atoms with Crippen molar-refractivity contribution in [3.63, 3.8) is 0 Å². The van der Waals surface area contributed by atoms with Gasteiger partial charge in [0.05, 0.1) is 5.56 Å². The summed E-state index contributed by atoms with van der Waals surface area (Å²) in [4.78, 5) is 13.9. The van der Waals surface area contributed by atoms with Crippen molar-refractivity contribution in [1.29, 1.82) is 0 Å². The molecule has 1 aromatic rings. The van der Waals surface area contributed by atoms with Crippen molar-refractivity contribution < 1.29 is 14.3 Å². The number of hydrogen-bond donors (Lipinski definition) is 1. The van der Waals surface area contributed by atoms with Crippen LogP contribution in [-0.2, 0) is 0 Å². The highest BCUT2D eigenvalue weighted by Crippen LogP contribution is 2.13. The van der Waals surface area contributed by atoms with Crippen LogP contribution in [0.5, 0.6) is 0 Å². The van der Waals surface area contributed by atoms with Gasteiger partial charge in [0, 0.05) is 18.7 Å². The van der Waals surface area contributed by atoms with E-state index in [1.807, 2.05) is 20.8 Å². The fourth-order valence-corrected chi connectivity index (χ4v) is 1.87. The van der Waals surface area contributed by atoms with Crippen molar-refractivity contribution in [2.45, 2.75) is 20.8 Å². The molecule has 0 fully saturated rings. The molecule has 0 bridgehead atoms. The molecule has 20 heavy (non-hydrogen) atoms. The molecule has 0 atom stereocenters. The molecule has 1 aromatic carbocycles. The summed E-state index contributed by atoms with van der Waals surface area (Å²) in [5.74, 6) is 4.50. The summed E-state index contributed by atoms with van der Waals surface area (Å²) >= 11 is 0. The Morgan fingerprint density at radius 3 is 2.65 bits per heavy atom. The summed E-state index contributed by atoms with van der Waals surface area (Å²) in [6, 6.07) is 4.25. The molecule has 0 aliphatic carbocycles. The van der Waals surface area contributed by atoms with Gasteiger partial charge in [-0.15, -0.1) is 0 Å². The molecule has 0 aromatic heterocycles. The van der Waals surface area contributed by atoms with Gasteiger partial charge in [0.1, 0.15) is 12.4 Å². The number of aliphatic hydroxyl groups excluding tert-OH is 1. The van der Waals surface area contributed by atoms with Crippen LogP contribution >= 0.6 is 0 Å². The molecule has 0 saturated carbocycles. The van der Waals surface area contributed by atoms with Crippen LogP contribution in [0.25, 0.3) is 0 Å². The van der Waals surface area contributed by atoms with Gasteiger partial charge in [-0.05, 0) is 31.0 Å². The van der Waals surface area contributed by atoms with Crippen LogP contribution in [0, 0.1) is 23.6 Å². The largest absolute Gasteiger partial charge is 0.384 e. The predicted molar refractivity (Wildman–Crippen MR) is 76.8 cm³/mol. The topological polar surface area (TPSA) is 40.5 Å². The van der Waals surface area contributed by atoms with Gasteiger partial charge in [0.25, 0.3) is 5.91 Å². The lowest BCUT2D eigenvalue weighted by Crippen LogP contribution is -2.34. The number of carbonyl (C=O) groups is 1. The van der Waals surface area contributed by atoms with Gasteiger partial charge >= 0.3 is 0 Å². The standard InChI is InChI=1S/C16H20FNO2/c1-4-18(11-12(2)3)16(20)14-8-7-13(6-5-9-19)10-15(14)17/h7-8,10,12,19H,4,9,11H2,1-3H3. The van der Waals surface area contributed by atoms with Gasteiger partial charge in [-0.2, -0.15) is 0 Å². The van der Waals surface area contributed by atoms with Gasteiger partial charge in [-0.1, -0.05) is 25.7 Å². The van der Waals surface area contributed by atoms with Gasteiger partial charge < -0.3 is 10.0 Å². The molecule has 1 rings (SSSR count). The number of hydrogen-bond acceptors (Lipinski definition) is 2. The quantitative estimate of drug-likeness (QED) is 0.858. The molecule has 108 valence electrons. The van der Waals surface area contributed by atoms with Gasteiger partial charge in [-0.3, -0.25) is 4.79 Å². The fourth-order valence-electron chi connectivity index (χ4n) is 1.87. The maximum Gasteiger partial charge on any atom is 0.256 e. The number of aliphatic hydroxyl groups is 1. The third kappa shape index (κ3) is 4.36. The third-order valence-corrected chi connectivity index (χ3v) is 2.77. The number of halogens is 1. The van der Waals surface area contributed by atoms with E-state index in [4.69, 9.17) is 5.11 Å². The molecule has 4 heteroatoms. The zero-order valence-electron chi connectivity index (χ0n) is 12.1. The third-order valence-electron chi connectivity index (χ3n) is 2.77. The van der Waals surface area contributed by atoms with Crippen molar-refractivity contribution in [1.82, 2.24) is 4.90 Å². The minimum Gasteiger partial charge on any atom is -0.384 e. The van der Waals surface area contributed by atoms with Crippen LogP contribution in [0.15, 0.2) is 18.2 Å². The highest BCUT2D eigenvalue weighted by Gasteiger charge is 2.18. The first kappa shape index (κ1) is 16.2. The van der Waals surface area contributed by atoms with E-state index >= 15 is 0 Å². The Kier molecular flexibility index (Phi) is 6.20. The monoisotopic (exact) mass is 277 g/mol. The number of nitrogens with zero attached hydrogens (tertiary/aromatic N) is 1. The summed E-state index contributed by atoms with van der Waals surface area (Å²) < 4.78 is 14.0. The Labute approximate surface area is 119 Å². The molecular formula is C16H20FNO2. The molecule has 0 saturated heterocycles. The fraction of sp³-hybridized carbons (Fsp3) is 0.438. The zero-order valence-corrected chi connectivity index (χ0v) is 12.1. The average Bonchev–Trinajstić information content (AvgIpc) is 2.41. The van der Waals surface area contributed by atoms with E-state index in [9.17, 15) is 9.18 Å². The summed E-state index contributed by atoms with van der Waals surface area (Å²) in [5, 5.41) is 8.60. The van der Waals surface area contributed by atoms with E-state index in [0.717, 1.165) is 0 Å². The normalized spacial score (nSPS) is 10.1. The summed E-state index contributed by atoms with van der Waals surface area (Å²) in [7, 11) is 0. The second-order valence-corrected chi connectivity index (χ2v) is 4.89. The first-order valence-electron chi connectivity index (χ1n) is 6.68. The van der Waals surface area contributed by atoms with Gasteiger partial charge in [0.15, 0.2) is 0 Å². The summed E-state index contributed by atoms with van der Waals surface area (Å²) in [6.45, 7) is 6.77. The highest BCUT2D eigenvalue weighted by atomic mass is 19.1. The van der Waals surface area contributed by atoms with Crippen molar-refractivity contribution in [2.75, 3.05) is 19.7 Å². The Balaban J connectivity index is 2.98. The average molecular weight is 277 g/mol. The minimum atomic E-state index is -0.582. The second kappa shape index (κ2) is 7.66. The van der Waals surface area contributed by atoms with Crippen molar-refractivity contribution >= 4 is 5.91 Å². The van der Waals surface area contributed by atoms with Crippen LogP contribution < -0.4 is 0 Å². The zero-order chi connectivity index (χ0) is 15.1. The molecule has 0 unspecified atom stereocenters. The smallest absolute Gasteiger partial charge is 0.256 e. The highest BCUT2D eigenvalue weighted by molar-refractivity contribution is 5.94. The molecule has 3 nitrogen and oxygen atoms in total. The maximum atomic E-state index is 14.0. The molecule has 0 radical (unpaired) electrons. The Hall–Kier alpha value is -1.86. The van der Waals surface area contributed by atoms with E-state index in [2.05, 4.69) is 11.8 Å². The lowest BCUT2D eigenvalue weighted by atomic mass is 10.1. The van der Waals surface area contributed by atoms with Crippen LogP contribution in [0.1, 0.15) is 36.7 Å². The predicted octanol–water partition coefficient (Wildman–Crippen LogP) is 2.29. The Morgan fingerprint density at radius 1 is 1.45 bits per heavy atom. The number of rotatable bonds is 4. The molecular weight excluding hydrogens is 257 g/mol. The Bertz CT molecular complexity index is 529. The van der Waals surface area contributed by atoms with Gasteiger partial charge in [-0.25, -0.2) is 4.39 Å². The molecule has 0 aliphatic heterocycles. The van der Waals surface area contributed by atoms with Crippen LogP contribution in [0.3, 0.4) is 0 Å². The van der Waals surface area contributed by atoms with E-state index in [1.54, 1.807) is 11.0 Å². The number of carbonyl (C=O) groups excluding carboxylic acids is 1. The Morgan fingerprint density at radius 2 is 2.15 bits per heavy atom. The van der Waals surface area contributed by atoms with Crippen LogP contribution in [0.2, 0.25) is 0 Å². The van der Waals surface area contributed by atoms with Crippen molar-refractivity contribution in [2.24, 2.45) is 5.92 Å². The maximum absolute atomic E-state index is 14.0. The van der Waals surface area contributed by atoms with E-state index < -0.39 is 5.82 Å². The lowest BCUT2D eigenvalue weighted by molar-refractivity contribution is 0.0741. The molecule has 0 heterocycles. The number of amides is 1. The molecule has 1 amide bonds. The van der Waals surface area contributed by atoms with E-state index in [-0.39, 0.29) is 18.1 Å². The molecule has 0 spiro atoms. The summed E-state index contributed by atoms with van der Waals surface area (Å²) in [6.07, 6.45) is 0. The molecule has 1 N–H and O–H groups in total. The van der Waals surface area contributed by atoms with Crippen LogP contribution in [-0.4, -0.2) is 35.6 Å². The second-order valence-electron chi connectivity index (χ2n) is 4.89. The van der Waals surface area contributed by atoms with E-state index in [0.29, 0.717) is 24.6 Å². The lowest BCUT2D eigenvalue weighted by Gasteiger charge is -2.23. The molecule has 0 aliphatic rings. The first-order chi connectivity index (χ1) is 9.49. The van der Waals surface area contributed by atoms with Crippen molar-refractivity contribution in [3.05, 3.63) is 35.1 Å². The van der Waals surface area contributed by atoms with Crippen molar-refractivity contribution in [3.8, 4) is 11.8 Å². The van der Waals surface area contributed by atoms with Crippen LogP contribution in [0.4, 0.5) is 4.39 Å².